The Morgan fingerprint density at radius 3 is 1.64 bits per heavy atom. The van der Waals surface area contributed by atoms with Crippen molar-refractivity contribution < 1.29 is 0 Å². The van der Waals surface area contributed by atoms with Gasteiger partial charge in [-0.1, -0.05) is 143 Å². The fraction of sp³-hybridized carbons (Fsp3) is 0.167. The zero-order chi connectivity index (χ0) is 32.2. The number of fused-ring (bicyclic) bond motifs is 2. The van der Waals surface area contributed by atoms with E-state index in [1.165, 1.54) is 11.1 Å². The highest BCUT2D eigenvalue weighted by Gasteiger charge is 2.41. The second kappa shape index (κ2) is 11.1. The summed E-state index contributed by atoms with van der Waals surface area (Å²) in [6, 6.07) is 43.8. The van der Waals surface area contributed by atoms with Gasteiger partial charge in [0.15, 0.2) is 17.5 Å². The molecule has 8 rings (SSSR count). The van der Waals surface area contributed by atoms with Gasteiger partial charge in [-0.25, -0.2) is 24.9 Å². The highest BCUT2D eigenvalue weighted by Crippen LogP contribution is 2.50. The van der Waals surface area contributed by atoms with Crippen LogP contribution in [0.3, 0.4) is 0 Å². The molecule has 5 aromatic carbocycles. The van der Waals surface area contributed by atoms with Gasteiger partial charge in [-0.15, -0.1) is 0 Å². The van der Waals surface area contributed by atoms with E-state index in [2.05, 4.69) is 113 Å². The van der Waals surface area contributed by atoms with E-state index in [-0.39, 0.29) is 10.8 Å². The predicted octanol–water partition coefficient (Wildman–Crippen LogP) is 10.1. The van der Waals surface area contributed by atoms with E-state index in [1.807, 2.05) is 42.5 Å². The van der Waals surface area contributed by atoms with Gasteiger partial charge >= 0.3 is 0 Å². The van der Waals surface area contributed by atoms with E-state index in [0.29, 0.717) is 23.3 Å². The van der Waals surface area contributed by atoms with Gasteiger partial charge in [-0.2, -0.15) is 0 Å². The number of aromatic nitrogens is 5. The van der Waals surface area contributed by atoms with Crippen LogP contribution in [0.5, 0.6) is 0 Å². The molecular formula is C42H35N5. The molecule has 1 aliphatic rings. The summed E-state index contributed by atoms with van der Waals surface area (Å²) in [6.07, 6.45) is 1.09. The Hall–Kier alpha value is -5.55. The Kier molecular flexibility index (Phi) is 6.80. The van der Waals surface area contributed by atoms with Gasteiger partial charge in [-0.3, -0.25) is 0 Å². The van der Waals surface area contributed by atoms with Gasteiger partial charge in [0.1, 0.15) is 0 Å². The van der Waals surface area contributed by atoms with Gasteiger partial charge in [0.2, 0.25) is 5.82 Å². The van der Waals surface area contributed by atoms with Crippen molar-refractivity contribution in [2.45, 2.75) is 44.9 Å². The van der Waals surface area contributed by atoms with Crippen molar-refractivity contribution in [1.82, 2.24) is 24.9 Å². The van der Waals surface area contributed by atoms with Crippen molar-refractivity contribution in [2.24, 2.45) is 0 Å². The van der Waals surface area contributed by atoms with Gasteiger partial charge in [0, 0.05) is 22.1 Å². The monoisotopic (exact) mass is 609 g/mol. The van der Waals surface area contributed by atoms with Crippen LogP contribution in [0, 0.1) is 0 Å². The molecule has 0 atom stereocenters. The molecule has 0 amide bonds. The Balaban J connectivity index is 1.32. The van der Waals surface area contributed by atoms with E-state index < -0.39 is 0 Å². The van der Waals surface area contributed by atoms with E-state index in [0.717, 1.165) is 50.8 Å². The van der Waals surface area contributed by atoms with Gasteiger partial charge < -0.3 is 0 Å². The van der Waals surface area contributed by atoms with Crippen LogP contribution in [-0.4, -0.2) is 24.9 Å². The average Bonchev–Trinajstić information content (AvgIpc) is 3.30. The summed E-state index contributed by atoms with van der Waals surface area (Å²) in [7, 11) is 0. The number of benzene rings is 5. The molecule has 0 N–H and O–H groups in total. The number of hydrogen-bond acceptors (Lipinski definition) is 5. The number of nitrogens with zero attached hydrogens (tertiary/aromatic N) is 5. The molecular weight excluding hydrogens is 574 g/mol. The summed E-state index contributed by atoms with van der Waals surface area (Å²) in [4.78, 5) is 25.3. The van der Waals surface area contributed by atoms with E-state index in [9.17, 15) is 0 Å². The third-order valence-electron chi connectivity index (χ3n) is 9.36. The first-order valence-corrected chi connectivity index (χ1v) is 16.2. The first kappa shape index (κ1) is 28.9. The molecule has 1 aliphatic carbocycles. The lowest BCUT2D eigenvalue weighted by atomic mass is 9.82. The molecule has 5 heteroatoms. The average molecular weight is 610 g/mol. The summed E-state index contributed by atoms with van der Waals surface area (Å²) in [6.45, 7) is 9.33. The number of hydrogen-bond donors (Lipinski definition) is 0. The standard InChI is InChI=1S/C42H35N5/c1-41(2)26-42(3,4)34-25-31(23-24-33(34)41)38-45-37(30-21-19-28(20-22-30)27-13-7-5-8-14-27)46-40(47-38)39-43-35-18-12-11-17-32(35)36(44-39)29-15-9-6-10-16-29/h5-25H,26H2,1-4H3. The summed E-state index contributed by atoms with van der Waals surface area (Å²) in [5.41, 5.74) is 9.78. The SMILES string of the molecule is CC1(C)CC(C)(C)c2cc(-c3nc(-c4ccc(-c5ccccc5)cc4)nc(-c4nc(-c5ccccc5)c5ccccc5n4)n3)ccc21. The molecule has 0 saturated heterocycles. The smallest absolute Gasteiger partial charge is 0.201 e. The second-order valence-corrected chi connectivity index (χ2v) is 13.7. The number of para-hydroxylation sites is 1. The quantitative estimate of drug-likeness (QED) is 0.194. The van der Waals surface area contributed by atoms with Crippen molar-refractivity contribution in [2.75, 3.05) is 0 Å². The third-order valence-corrected chi connectivity index (χ3v) is 9.36. The maximum absolute atomic E-state index is 5.10. The molecule has 0 aliphatic heterocycles. The molecule has 0 bridgehead atoms. The van der Waals surface area contributed by atoms with Crippen LogP contribution in [-0.2, 0) is 10.8 Å². The maximum Gasteiger partial charge on any atom is 0.201 e. The molecule has 0 saturated carbocycles. The Morgan fingerprint density at radius 1 is 0.404 bits per heavy atom. The zero-order valence-electron chi connectivity index (χ0n) is 27.1. The fourth-order valence-corrected chi connectivity index (χ4v) is 7.30. The summed E-state index contributed by atoms with van der Waals surface area (Å²) < 4.78 is 0. The molecule has 5 nitrogen and oxygen atoms in total. The fourth-order valence-electron chi connectivity index (χ4n) is 7.30. The Bertz CT molecular complexity index is 2260. The van der Waals surface area contributed by atoms with Crippen molar-refractivity contribution in [3.8, 4) is 56.8 Å². The van der Waals surface area contributed by atoms with Gasteiger partial charge in [0.05, 0.1) is 11.2 Å². The van der Waals surface area contributed by atoms with Crippen LogP contribution in [0.2, 0.25) is 0 Å². The molecule has 2 heterocycles. The molecule has 0 fully saturated rings. The van der Waals surface area contributed by atoms with Crippen LogP contribution >= 0.6 is 0 Å². The normalized spacial score (nSPS) is 14.6. The molecule has 47 heavy (non-hydrogen) atoms. The summed E-state index contributed by atoms with van der Waals surface area (Å²) in [5.74, 6) is 2.11. The largest absolute Gasteiger partial charge is 0.225 e. The molecule has 2 aromatic heterocycles. The minimum Gasteiger partial charge on any atom is -0.225 e. The highest BCUT2D eigenvalue weighted by atomic mass is 15.1. The third kappa shape index (κ3) is 5.28. The van der Waals surface area contributed by atoms with E-state index in [1.54, 1.807) is 0 Å². The minimum absolute atomic E-state index is 0.0485. The second-order valence-electron chi connectivity index (χ2n) is 13.7. The molecule has 0 spiro atoms. The van der Waals surface area contributed by atoms with Crippen molar-refractivity contribution in [3.63, 3.8) is 0 Å². The first-order chi connectivity index (χ1) is 22.7. The molecule has 0 radical (unpaired) electrons. The summed E-state index contributed by atoms with van der Waals surface area (Å²) >= 11 is 0. The lowest BCUT2D eigenvalue weighted by Crippen LogP contribution is -2.17. The number of rotatable bonds is 5. The lowest BCUT2D eigenvalue weighted by Gasteiger charge is -2.22. The maximum atomic E-state index is 5.10. The Labute approximate surface area is 275 Å². The highest BCUT2D eigenvalue weighted by molar-refractivity contribution is 5.93. The van der Waals surface area contributed by atoms with Crippen molar-refractivity contribution >= 4 is 10.9 Å². The molecule has 7 aromatic rings. The van der Waals surface area contributed by atoms with Crippen LogP contribution in [0.25, 0.3) is 67.7 Å². The molecule has 0 unspecified atom stereocenters. The lowest BCUT2D eigenvalue weighted by molar-refractivity contribution is 0.403. The van der Waals surface area contributed by atoms with Gasteiger partial charge in [-0.05, 0) is 51.6 Å². The van der Waals surface area contributed by atoms with E-state index >= 15 is 0 Å². The molecule has 228 valence electrons. The van der Waals surface area contributed by atoms with Crippen molar-refractivity contribution in [1.29, 1.82) is 0 Å². The predicted molar refractivity (Wildman–Crippen MR) is 191 cm³/mol. The Morgan fingerprint density at radius 2 is 0.915 bits per heavy atom. The van der Waals surface area contributed by atoms with Crippen molar-refractivity contribution in [3.05, 3.63) is 139 Å². The van der Waals surface area contributed by atoms with Crippen LogP contribution in [0.1, 0.15) is 45.2 Å². The minimum atomic E-state index is 0.0485. The first-order valence-electron chi connectivity index (χ1n) is 16.2. The zero-order valence-corrected chi connectivity index (χ0v) is 27.1. The summed E-state index contributed by atoms with van der Waals surface area (Å²) in [5, 5.41) is 0.983. The van der Waals surface area contributed by atoms with Crippen LogP contribution < -0.4 is 0 Å². The van der Waals surface area contributed by atoms with Crippen LogP contribution in [0.15, 0.2) is 127 Å². The topological polar surface area (TPSA) is 64.5 Å². The van der Waals surface area contributed by atoms with E-state index in [4.69, 9.17) is 24.9 Å². The van der Waals surface area contributed by atoms with Gasteiger partial charge in [0.25, 0.3) is 0 Å². The van der Waals surface area contributed by atoms with Crippen LogP contribution in [0.4, 0.5) is 0 Å².